The standard InChI is InChI=1S/C24H20ClNO4S/c1-3-29-17-11-9-16(10-12-17)21-22(31-14-18-6-5-13-30-18)24(28)26(23(21)27)20-8-4-7-19(25)15(20)2/h4-13H,3,14H2,1-2H3. The summed E-state index contributed by atoms with van der Waals surface area (Å²) in [5.41, 5.74) is 2.18. The molecule has 2 heterocycles. The lowest BCUT2D eigenvalue weighted by atomic mass is 10.1. The number of ether oxygens (including phenoxy) is 1. The van der Waals surface area contributed by atoms with Crippen LogP contribution in [0.1, 0.15) is 23.8 Å². The first-order valence-electron chi connectivity index (χ1n) is 9.77. The van der Waals surface area contributed by atoms with Crippen LogP contribution in [-0.4, -0.2) is 18.4 Å². The molecule has 0 bridgehead atoms. The van der Waals surface area contributed by atoms with Gasteiger partial charge in [-0.1, -0.05) is 29.8 Å². The highest BCUT2D eigenvalue weighted by atomic mass is 35.5. The van der Waals surface area contributed by atoms with Crippen LogP contribution in [0.15, 0.2) is 70.2 Å². The molecular formula is C24H20ClNO4S. The topological polar surface area (TPSA) is 59.8 Å². The van der Waals surface area contributed by atoms with E-state index in [2.05, 4.69) is 0 Å². The fraction of sp³-hybridized carbons (Fsp3) is 0.167. The van der Waals surface area contributed by atoms with Crippen molar-refractivity contribution in [1.29, 1.82) is 0 Å². The van der Waals surface area contributed by atoms with Crippen LogP contribution in [0.4, 0.5) is 5.69 Å². The number of hydrogen-bond donors (Lipinski definition) is 0. The molecule has 0 atom stereocenters. The Labute approximate surface area is 189 Å². The Hall–Kier alpha value is -2.96. The SMILES string of the molecule is CCOc1ccc(C2=C(SCc3ccco3)C(=O)N(c3cccc(Cl)c3C)C2=O)cc1. The van der Waals surface area contributed by atoms with Gasteiger partial charge in [0.25, 0.3) is 11.8 Å². The minimum Gasteiger partial charge on any atom is -0.494 e. The zero-order valence-electron chi connectivity index (χ0n) is 17.1. The first kappa shape index (κ1) is 21.3. The largest absolute Gasteiger partial charge is 0.494 e. The zero-order valence-corrected chi connectivity index (χ0v) is 18.6. The van der Waals surface area contributed by atoms with Gasteiger partial charge in [0.05, 0.1) is 34.8 Å². The highest BCUT2D eigenvalue weighted by Gasteiger charge is 2.41. The van der Waals surface area contributed by atoms with E-state index in [0.717, 1.165) is 5.76 Å². The predicted molar refractivity (Wildman–Crippen MR) is 123 cm³/mol. The fourth-order valence-corrected chi connectivity index (χ4v) is 4.56. The van der Waals surface area contributed by atoms with Crippen molar-refractivity contribution in [2.24, 2.45) is 0 Å². The third-order valence-electron chi connectivity index (χ3n) is 4.91. The van der Waals surface area contributed by atoms with Crippen LogP contribution < -0.4 is 9.64 Å². The average molecular weight is 454 g/mol. The molecular weight excluding hydrogens is 434 g/mol. The van der Waals surface area contributed by atoms with Crippen LogP contribution in [0.2, 0.25) is 5.02 Å². The first-order chi connectivity index (χ1) is 15.0. The highest BCUT2D eigenvalue weighted by molar-refractivity contribution is 8.03. The summed E-state index contributed by atoms with van der Waals surface area (Å²) in [5.74, 6) is 1.12. The average Bonchev–Trinajstić information content (AvgIpc) is 3.36. The number of nitrogens with zero attached hydrogens (tertiary/aromatic N) is 1. The number of imide groups is 1. The van der Waals surface area contributed by atoms with E-state index in [0.29, 0.717) is 50.4 Å². The zero-order chi connectivity index (χ0) is 22.0. The lowest BCUT2D eigenvalue weighted by Gasteiger charge is -2.18. The van der Waals surface area contributed by atoms with Crippen molar-refractivity contribution in [1.82, 2.24) is 0 Å². The van der Waals surface area contributed by atoms with E-state index in [-0.39, 0.29) is 11.8 Å². The number of carbonyl (C=O) groups is 2. The van der Waals surface area contributed by atoms with Gasteiger partial charge < -0.3 is 9.15 Å². The number of anilines is 1. The number of amides is 2. The maximum absolute atomic E-state index is 13.5. The number of thioether (sulfide) groups is 1. The molecule has 5 nitrogen and oxygen atoms in total. The number of carbonyl (C=O) groups excluding carboxylic acids is 2. The van der Waals surface area contributed by atoms with E-state index in [4.69, 9.17) is 20.8 Å². The van der Waals surface area contributed by atoms with Gasteiger partial charge in [-0.2, -0.15) is 0 Å². The quantitative estimate of drug-likeness (QED) is 0.419. The molecule has 2 aromatic carbocycles. The van der Waals surface area contributed by atoms with Crippen molar-refractivity contribution in [2.75, 3.05) is 11.5 Å². The smallest absolute Gasteiger partial charge is 0.272 e. The van der Waals surface area contributed by atoms with Crippen LogP contribution >= 0.6 is 23.4 Å². The molecule has 0 spiro atoms. The molecule has 7 heteroatoms. The molecule has 0 fully saturated rings. The molecule has 1 aliphatic rings. The lowest BCUT2D eigenvalue weighted by Crippen LogP contribution is -2.32. The summed E-state index contributed by atoms with van der Waals surface area (Å²) in [6, 6.07) is 16.0. The number of furan rings is 1. The first-order valence-corrected chi connectivity index (χ1v) is 11.1. The van der Waals surface area contributed by atoms with Crippen LogP contribution in [0.5, 0.6) is 5.75 Å². The van der Waals surface area contributed by atoms with Crippen LogP contribution in [0.25, 0.3) is 5.57 Å². The molecule has 0 unspecified atom stereocenters. The van der Waals surface area contributed by atoms with Crippen molar-refractivity contribution in [3.63, 3.8) is 0 Å². The van der Waals surface area contributed by atoms with Gasteiger partial charge in [-0.15, -0.1) is 11.8 Å². The normalized spacial score (nSPS) is 14.0. The molecule has 3 aromatic rings. The van der Waals surface area contributed by atoms with Crippen molar-refractivity contribution < 1.29 is 18.7 Å². The Morgan fingerprint density at radius 2 is 1.81 bits per heavy atom. The molecule has 2 amide bonds. The third kappa shape index (κ3) is 4.13. The molecule has 0 radical (unpaired) electrons. The van der Waals surface area contributed by atoms with Gasteiger partial charge in [-0.05, 0) is 61.4 Å². The van der Waals surface area contributed by atoms with Crippen molar-refractivity contribution in [2.45, 2.75) is 19.6 Å². The van der Waals surface area contributed by atoms with Crippen LogP contribution in [0.3, 0.4) is 0 Å². The van der Waals surface area contributed by atoms with Gasteiger partial charge in [-0.3, -0.25) is 9.59 Å². The molecule has 158 valence electrons. The fourth-order valence-electron chi connectivity index (χ4n) is 3.38. The second kappa shape index (κ2) is 9.04. The number of halogens is 1. The Balaban J connectivity index is 1.76. The van der Waals surface area contributed by atoms with Crippen molar-refractivity contribution >= 4 is 46.4 Å². The summed E-state index contributed by atoms with van der Waals surface area (Å²) in [5, 5.41) is 0.498. The van der Waals surface area contributed by atoms with Gasteiger partial charge in [-0.25, -0.2) is 4.90 Å². The molecule has 4 rings (SSSR count). The third-order valence-corrected chi connectivity index (χ3v) is 6.42. The maximum atomic E-state index is 13.5. The van der Waals surface area contributed by atoms with E-state index in [9.17, 15) is 9.59 Å². The summed E-state index contributed by atoms with van der Waals surface area (Å²) < 4.78 is 10.9. The summed E-state index contributed by atoms with van der Waals surface area (Å²) in [6.45, 7) is 4.25. The monoisotopic (exact) mass is 453 g/mol. The lowest BCUT2D eigenvalue weighted by molar-refractivity contribution is -0.119. The Morgan fingerprint density at radius 3 is 2.48 bits per heavy atom. The number of benzene rings is 2. The predicted octanol–water partition coefficient (Wildman–Crippen LogP) is 5.86. The Bertz CT molecular complexity index is 1150. The highest BCUT2D eigenvalue weighted by Crippen LogP contribution is 2.41. The van der Waals surface area contributed by atoms with Gasteiger partial charge in [0, 0.05) is 5.02 Å². The summed E-state index contributed by atoms with van der Waals surface area (Å²) in [6.07, 6.45) is 1.58. The minimum atomic E-state index is -0.374. The van der Waals surface area contributed by atoms with Gasteiger partial charge in [0.1, 0.15) is 11.5 Å². The minimum absolute atomic E-state index is 0.365. The van der Waals surface area contributed by atoms with E-state index >= 15 is 0 Å². The Kier molecular flexibility index (Phi) is 6.20. The van der Waals surface area contributed by atoms with Crippen molar-refractivity contribution in [3.05, 3.63) is 87.7 Å². The molecule has 0 saturated heterocycles. The van der Waals surface area contributed by atoms with Crippen LogP contribution in [0, 0.1) is 6.92 Å². The Morgan fingerprint density at radius 1 is 1.03 bits per heavy atom. The van der Waals surface area contributed by atoms with Gasteiger partial charge >= 0.3 is 0 Å². The molecule has 1 aliphatic heterocycles. The molecule has 31 heavy (non-hydrogen) atoms. The molecule has 0 saturated carbocycles. The van der Waals surface area contributed by atoms with E-state index in [1.165, 1.54) is 16.7 Å². The second-order valence-electron chi connectivity index (χ2n) is 6.86. The number of hydrogen-bond acceptors (Lipinski definition) is 5. The van der Waals surface area contributed by atoms with Gasteiger partial charge in [0.15, 0.2) is 0 Å². The van der Waals surface area contributed by atoms with Crippen molar-refractivity contribution in [3.8, 4) is 5.75 Å². The maximum Gasteiger partial charge on any atom is 0.272 e. The molecule has 0 aliphatic carbocycles. The molecule has 1 aromatic heterocycles. The second-order valence-corrected chi connectivity index (χ2v) is 8.25. The summed E-state index contributed by atoms with van der Waals surface area (Å²) >= 11 is 7.55. The van der Waals surface area contributed by atoms with E-state index in [1.54, 1.807) is 61.7 Å². The number of rotatable bonds is 7. The molecule has 0 N–H and O–H groups in total. The van der Waals surface area contributed by atoms with Crippen LogP contribution in [-0.2, 0) is 15.3 Å². The van der Waals surface area contributed by atoms with E-state index < -0.39 is 0 Å². The van der Waals surface area contributed by atoms with Gasteiger partial charge in [0.2, 0.25) is 0 Å². The van der Waals surface area contributed by atoms with E-state index in [1.807, 2.05) is 13.0 Å². The summed E-state index contributed by atoms with van der Waals surface area (Å²) in [7, 11) is 0. The summed E-state index contributed by atoms with van der Waals surface area (Å²) in [4.78, 5) is 28.5.